The van der Waals surface area contributed by atoms with Crippen molar-refractivity contribution in [2.45, 2.75) is 26.2 Å². The molecule has 4 nitrogen and oxygen atoms in total. The Morgan fingerprint density at radius 2 is 2.10 bits per heavy atom. The fourth-order valence-electron chi connectivity index (χ4n) is 1.92. The second-order valence-corrected chi connectivity index (χ2v) is 4.62. The summed E-state index contributed by atoms with van der Waals surface area (Å²) in [6.07, 6.45) is 3.43. The van der Waals surface area contributed by atoms with Crippen LogP contribution in [0.2, 0.25) is 0 Å². The number of ether oxygens (including phenoxy) is 2. The molecule has 0 radical (unpaired) electrons. The van der Waals surface area contributed by atoms with E-state index in [-0.39, 0.29) is 0 Å². The fraction of sp³-hybridized carbons (Fsp3) is 0.471. The molecule has 0 atom stereocenters. The van der Waals surface area contributed by atoms with E-state index in [0.29, 0.717) is 6.54 Å². The average molecular weight is 289 g/mol. The van der Waals surface area contributed by atoms with Crippen LogP contribution >= 0.6 is 0 Å². The monoisotopic (exact) mass is 289 g/mol. The van der Waals surface area contributed by atoms with Crippen molar-refractivity contribution in [3.63, 3.8) is 0 Å². The van der Waals surface area contributed by atoms with Gasteiger partial charge in [-0.1, -0.05) is 31.8 Å². The molecule has 1 aromatic rings. The van der Waals surface area contributed by atoms with Crippen LogP contribution in [0.15, 0.2) is 24.3 Å². The molecule has 0 fully saturated rings. The predicted octanol–water partition coefficient (Wildman–Crippen LogP) is 2.87. The number of rotatable bonds is 7. The first kappa shape index (κ1) is 16.9. The highest BCUT2D eigenvalue weighted by Gasteiger charge is 2.06. The van der Waals surface area contributed by atoms with Crippen molar-refractivity contribution < 1.29 is 14.3 Å². The lowest BCUT2D eigenvalue weighted by molar-refractivity contribution is -0.133. The molecule has 0 aromatic heterocycles. The zero-order valence-corrected chi connectivity index (χ0v) is 13.0. The van der Waals surface area contributed by atoms with E-state index in [1.807, 2.05) is 24.3 Å². The number of hydrogen-bond donors (Lipinski definition) is 0. The van der Waals surface area contributed by atoms with Crippen molar-refractivity contribution >= 4 is 11.7 Å². The van der Waals surface area contributed by atoms with Crippen LogP contribution in [0.1, 0.15) is 26.2 Å². The molecule has 0 saturated heterocycles. The standard InChI is InChI=1S/C17H23NO3/c1-4-5-6-12-18(13-8-11-17(19)21-3)15-9-7-10-16(14-15)20-2/h7,9-10,14H,4-6,12-13H2,1-3H3. The van der Waals surface area contributed by atoms with E-state index in [2.05, 4.69) is 28.4 Å². The summed E-state index contributed by atoms with van der Waals surface area (Å²) >= 11 is 0. The maximum absolute atomic E-state index is 11.1. The Morgan fingerprint density at radius 1 is 1.29 bits per heavy atom. The van der Waals surface area contributed by atoms with E-state index >= 15 is 0 Å². The smallest absolute Gasteiger partial charge is 0.384 e. The van der Waals surface area contributed by atoms with Gasteiger partial charge >= 0.3 is 5.97 Å². The number of anilines is 1. The minimum Gasteiger partial charge on any atom is -0.497 e. The summed E-state index contributed by atoms with van der Waals surface area (Å²) in [4.78, 5) is 13.2. The number of carbonyl (C=O) groups is 1. The molecule has 0 unspecified atom stereocenters. The van der Waals surface area contributed by atoms with Gasteiger partial charge in [0.1, 0.15) is 5.75 Å². The Kier molecular flexibility index (Phi) is 7.81. The first-order valence-electron chi connectivity index (χ1n) is 7.17. The minimum atomic E-state index is -0.505. The molecule has 0 bridgehead atoms. The number of benzene rings is 1. The average Bonchev–Trinajstić information content (AvgIpc) is 2.53. The predicted molar refractivity (Wildman–Crippen MR) is 84.5 cm³/mol. The van der Waals surface area contributed by atoms with E-state index in [9.17, 15) is 4.79 Å². The van der Waals surface area contributed by atoms with Gasteiger partial charge in [-0.25, -0.2) is 4.79 Å². The summed E-state index contributed by atoms with van der Waals surface area (Å²) in [5.41, 5.74) is 1.05. The minimum absolute atomic E-state index is 0.492. The van der Waals surface area contributed by atoms with Crippen LogP contribution in [0, 0.1) is 11.8 Å². The molecule has 0 aliphatic heterocycles. The molecular weight excluding hydrogens is 266 g/mol. The molecule has 0 spiro atoms. The molecule has 0 aliphatic carbocycles. The van der Waals surface area contributed by atoms with Crippen LogP contribution in [0.3, 0.4) is 0 Å². The van der Waals surface area contributed by atoms with Crippen molar-refractivity contribution in [3.8, 4) is 17.6 Å². The number of hydrogen-bond acceptors (Lipinski definition) is 4. The lowest BCUT2D eigenvalue weighted by Gasteiger charge is -2.22. The third-order valence-electron chi connectivity index (χ3n) is 3.10. The molecule has 0 saturated carbocycles. The molecule has 1 rings (SSSR count). The molecule has 1 aromatic carbocycles. The highest BCUT2D eigenvalue weighted by molar-refractivity contribution is 5.88. The van der Waals surface area contributed by atoms with Gasteiger partial charge in [-0.15, -0.1) is 0 Å². The van der Waals surface area contributed by atoms with Gasteiger partial charge in [0, 0.05) is 24.2 Å². The normalized spacial score (nSPS) is 9.48. The van der Waals surface area contributed by atoms with Crippen LogP contribution in [-0.2, 0) is 9.53 Å². The summed E-state index contributed by atoms with van der Waals surface area (Å²) in [6, 6.07) is 7.86. The number of carbonyl (C=O) groups excluding carboxylic acids is 1. The fourth-order valence-corrected chi connectivity index (χ4v) is 1.92. The lowest BCUT2D eigenvalue weighted by Crippen LogP contribution is -2.25. The first-order chi connectivity index (χ1) is 10.2. The SMILES string of the molecule is CCCCCN(CC#CC(=O)OC)c1cccc(OC)c1. The quantitative estimate of drug-likeness (QED) is 0.335. The van der Waals surface area contributed by atoms with Gasteiger partial charge < -0.3 is 14.4 Å². The highest BCUT2D eigenvalue weighted by atomic mass is 16.5. The Labute approximate surface area is 127 Å². The van der Waals surface area contributed by atoms with Gasteiger partial charge in [0.15, 0.2) is 0 Å². The van der Waals surface area contributed by atoms with Gasteiger partial charge in [-0.3, -0.25) is 0 Å². The van der Waals surface area contributed by atoms with Crippen molar-refractivity contribution in [1.29, 1.82) is 0 Å². The molecule has 0 amide bonds. The molecule has 0 heterocycles. The Morgan fingerprint density at radius 3 is 2.76 bits per heavy atom. The van der Waals surface area contributed by atoms with Gasteiger partial charge in [-0.2, -0.15) is 0 Å². The maximum atomic E-state index is 11.1. The number of unbranched alkanes of at least 4 members (excludes halogenated alkanes) is 2. The largest absolute Gasteiger partial charge is 0.497 e. The second-order valence-electron chi connectivity index (χ2n) is 4.62. The highest BCUT2D eigenvalue weighted by Crippen LogP contribution is 2.21. The third-order valence-corrected chi connectivity index (χ3v) is 3.10. The van der Waals surface area contributed by atoms with Crippen LogP contribution in [-0.4, -0.2) is 33.3 Å². The van der Waals surface area contributed by atoms with Gasteiger partial charge in [0.05, 0.1) is 20.8 Å². The second kappa shape index (κ2) is 9.71. The topological polar surface area (TPSA) is 38.8 Å². The number of esters is 1. The Hall–Kier alpha value is -2.15. The molecule has 21 heavy (non-hydrogen) atoms. The number of nitrogens with zero attached hydrogens (tertiary/aromatic N) is 1. The molecule has 114 valence electrons. The Balaban J connectivity index is 2.78. The molecule has 0 aliphatic rings. The van der Waals surface area contributed by atoms with E-state index in [1.54, 1.807) is 7.11 Å². The van der Waals surface area contributed by atoms with Crippen molar-refractivity contribution in [2.75, 3.05) is 32.2 Å². The van der Waals surface area contributed by atoms with Crippen LogP contribution in [0.4, 0.5) is 5.69 Å². The van der Waals surface area contributed by atoms with Gasteiger partial charge in [0.2, 0.25) is 0 Å². The van der Waals surface area contributed by atoms with Crippen LogP contribution in [0.5, 0.6) is 5.75 Å². The zero-order valence-electron chi connectivity index (χ0n) is 13.0. The van der Waals surface area contributed by atoms with Crippen LogP contribution in [0.25, 0.3) is 0 Å². The molecular formula is C17H23NO3. The summed E-state index contributed by atoms with van der Waals surface area (Å²) in [7, 11) is 2.98. The maximum Gasteiger partial charge on any atom is 0.384 e. The van der Waals surface area contributed by atoms with Gasteiger partial charge in [0.25, 0.3) is 0 Å². The number of methoxy groups -OCH3 is 2. The van der Waals surface area contributed by atoms with E-state index < -0.39 is 5.97 Å². The first-order valence-corrected chi connectivity index (χ1v) is 7.17. The third kappa shape index (κ3) is 6.22. The van der Waals surface area contributed by atoms with E-state index in [4.69, 9.17) is 4.74 Å². The summed E-state index contributed by atoms with van der Waals surface area (Å²) < 4.78 is 9.78. The molecule has 4 heteroatoms. The summed E-state index contributed by atoms with van der Waals surface area (Å²) in [5.74, 6) is 5.64. The van der Waals surface area contributed by atoms with Crippen molar-refractivity contribution in [3.05, 3.63) is 24.3 Å². The lowest BCUT2D eigenvalue weighted by atomic mass is 10.2. The Bertz CT molecular complexity index is 502. The zero-order chi connectivity index (χ0) is 15.5. The van der Waals surface area contributed by atoms with Crippen molar-refractivity contribution in [1.82, 2.24) is 0 Å². The van der Waals surface area contributed by atoms with E-state index in [1.165, 1.54) is 20.0 Å². The summed E-state index contributed by atoms with van der Waals surface area (Å²) in [6.45, 7) is 3.57. The van der Waals surface area contributed by atoms with Crippen LogP contribution < -0.4 is 9.64 Å². The molecule has 0 N–H and O–H groups in total. The van der Waals surface area contributed by atoms with E-state index in [0.717, 1.165) is 24.4 Å². The van der Waals surface area contributed by atoms with Gasteiger partial charge in [-0.05, 0) is 18.6 Å². The summed E-state index contributed by atoms with van der Waals surface area (Å²) in [5, 5.41) is 0. The van der Waals surface area contributed by atoms with Crippen molar-refractivity contribution in [2.24, 2.45) is 0 Å².